The summed E-state index contributed by atoms with van der Waals surface area (Å²) in [5.41, 5.74) is 0. The molecule has 0 aromatic carbocycles. The highest BCUT2D eigenvalue weighted by Crippen LogP contribution is 2.21. The van der Waals surface area contributed by atoms with Gasteiger partial charge in [-0.15, -0.1) is 0 Å². The SMILES string of the molecule is CCCCC(CC)C(O)C(C)C. The number of hydrogen-bond acceptors (Lipinski definition) is 1. The minimum absolute atomic E-state index is 0.0958. The zero-order valence-electron chi connectivity index (χ0n) is 9.01. The molecule has 0 heterocycles. The number of aliphatic hydroxyl groups excluding tert-OH is 1. The summed E-state index contributed by atoms with van der Waals surface area (Å²) in [6.07, 6.45) is 4.69. The van der Waals surface area contributed by atoms with Gasteiger partial charge in [0, 0.05) is 0 Å². The van der Waals surface area contributed by atoms with E-state index in [0.29, 0.717) is 11.8 Å². The fourth-order valence-corrected chi connectivity index (χ4v) is 1.63. The van der Waals surface area contributed by atoms with Gasteiger partial charge in [-0.1, -0.05) is 47.0 Å². The molecule has 0 saturated heterocycles. The Balaban J connectivity index is 3.79. The number of hydrogen-bond donors (Lipinski definition) is 1. The second kappa shape index (κ2) is 6.47. The molecular formula is C11H24O. The molecule has 12 heavy (non-hydrogen) atoms. The molecule has 0 amide bonds. The number of rotatable bonds is 6. The van der Waals surface area contributed by atoms with E-state index in [9.17, 15) is 5.11 Å². The van der Waals surface area contributed by atoms with E-state index >= 15 is 0 Å². The van der Waals surface area contributed by atoms with Crippen molar-refractivity contribution < 1.29 is 5.11 Å². The van der Waals surface area contributed by atoms with Crippen LogP contribution in [0.1, 0.15) is 53.4 Å². The Morgan fingerprint density at radius 3 is 2.08 bits per heavy atom. The maximum Gasteiger partial charge on any atom is 0.0591 e. The van der Waals surface area contributed by atoms with Crippen LogP contribution in [0.2, 0.25) is 0 Å². The van der Waals surface area contributed by atoms with Gasteiger partial charge >= 0.3 is 0 Å². The lowest BCUT2D eigenvalue weighted by molar-refractivity contribution is 0.0573. The molecule has 1 nitrogen and oxygen atoms in total. The van der Waals surface area contributed by atoms with Crippen LogP contribution in [-0.4, -0.2) is 11.2 Å². The Morgan fingerprint density at radius 1 is 1.17 bits per heavy atom. The van der Waals surface area contributed by atoms with Crippen LogP contribution in [0.5, 0.6) is 0 Å². The fraction of sp³-hybridized carbons (Fsp3) is 1.00. The molecule has 1 N–H and O–H groups in total. The predicted molar refractivity (Wildman–Crippen MR) is 54.2 cm³/mol. The molecule has 0 spiro atoms. The molecule has 0 saturated carbocycles. The fourth-order valence-electron chi connectivity index (χ4n) is 1.63. The first kappa shape index (κ1) is 12.0. The quantitative estimate of drug-likeness (QED) is 0.652. The highest BCUT2D eigenvalue weighted by Gasteiger charge is 2.19. The Kier molecular flexibility index (Phi) is 6.45. The Morgan fingerprint density at radius 2 is 1.75 bits per heavy atom. The molecule has 0 fully saturated rings. The first-order chi connectivity index (χ1) is 5.63. The van der Waals surface area contributed by atoms with Gasteiger partial charge in [-0.2, -0.15) is 0 Å². The van der Waals surface area contributed by atoms with Crippen molar-refractivity contribution >= 4 is 0 Å². The molecule has 1 heteroatoms. The summed E-state index contributed by atoms with van der Waals surface area (Å²) < 4.78 is 0. The van der Waals surface area contributed by atoms with Crippen molar-refractivity contribution in [3.63, 3.8) is 0 Å². The van der Waals surface area contributed by atoms with Gasteiger partial charge < -0.3 is 5.11 Å². The third kappa shape index (κ3) is 4.10. The smallest absolute Gasteiger partial charge is 0.0591 e. The monoisotopic (exact) mass is 172 g/mol. The van der Waals surface area contributed by atoms with Gasteiger partial charge in [0.15, 0.2) is 0 Å². The topological polar surface area (TPSA) is 20.2 Å². The molecule has 2 unspecified atom stereocenters. The van der Waals surface area contributed by atoms with E-state index in [4.69, 9.17) is 0 Å². The third-order valence-electron chi connectivity index (χ3n) is 2.62. The second-order valence-electron chi connectivity index (χ2n) is 4.05. The van der Waals surface area contributed by atoms with Gasteiger partial charge in [-0.05, 0) is 18.3 Å². The summed E-state index contributed by atoms with van der Waals surface area (Å²) in [6, 6.07) is 0. The maximum absolute atomic E-state index is 9.81. The molecule has 0 aliphatic rings. The minimum atomic E-state index is -0.0958. The van der Waals surface area contributed by atoms with Gasteiger partial charge in [0.1, 0.15) is 0 Å². The molecule has 0 aromatic rings. The number of unbranched alkanes of at least 4 members (excludes halogenated alkanes) is 1. The normalized spacial score (nSPS) is 16.5. The van der Waals surface area contributed by atoms with Gasteiger partial charge in [-0.3, -0.25) is 0 Å². The molecule has 2 atom stereocenters. The van der Waals surface area contributed by atoms with E-state index in [1.54, 1.807) is 0 Å². The Labute approximate surface area is 77.2 Å². The minimum Gasteiger partial charge on any atom is -0.393 e. The second-order valence-corrected chi connectivity index (χ2v) is 4.05. The zero-order chi connectivity index (χ0) is 9.56. The van der Waals surface area contributed by atoms with Crippen LogP contribution in [0.3, 0.4) is 0 Å². The molecule has 74 valence electrons. The van der Waals surface area contributed by atoms with Crippen molar-refractivity contribution in [2.24, 2.45) is 11.8 Å². The average molecular weight is 172 g/mol. The molecule has 0 aromatic heterocycles. The van der Waals surface area contributed by atoms with Crippen molar-refractivity contribution in [3.05, 3.63) is 0 Å². The zero-order valence-corrected chi connectivity index (χ0v) is 9.01. The lowest BCUT2D eigenvalue weighted by atomic mass is 9.87. The molecule has 0 aliphatic heterocycles. The van der Waals surface area contributed by atoms with Gasteiger partial charge in [0.2, 0.25) is 0 Å². The molecule has 0 rings (SSSR count). The third-order valence-corrected chi connectivity index (χ3v) is 2.62. The number of aliphatic hydroxyl groups is 1. The summed E-state index contributed by atoms with van der Waals surface area (Å²) in [7, 11) is 0. The van der Waals surface area contributed by atoms with Crippen molar-refractivity contribution in [1.82, 2.24) is 0 Å². The first-order valence-corrected chi connectivity index (χ1v) is 5.31. The van der Waals surface area contributed by atoms with Gasteiger partial charge in [-0.25, -0.2) is 0 Å². The van der Waals surface area contributed by atoms with Crippen LogP contribution < -0.4 is 0 Å². The Hall–Kier alpha value is -0.0400. The summed E-state index contributed by atoms with van der Waals surface area (Å²) in [5.74, 6) is 0.928. The Bertz CT molecular complexity index is 99.2. The molecule has 0 radical (unpaired) electrons. The van der Waals surface area contributed by atoms with Gasteiger partial charge in [0.05, 0.1) is 6.10 Å². The first-order valence-electron chi connectivity index (χ1n) is 5.31. The molecular weight excluding hydrogens is 148 g/mol. The summed E-state index contributed by atoms with van der Waals surface area (Å²) >= 11 is 0. The lowest BCUT2D eigenvalue weighted by Crippen LogP contribution is -2.25. The van der Waals surface area contributed by atoms with Crippen LogP contribution in [0.25, 0.3) is 0 Å². The van der Waals surface area contributed by atoms with E-state index in [2.05, 4.69) is 27.7 Å². The van der Waals surface area contributed by atoms with Crippen LogP contribution >= 0.6 is 0 Å². The highest BCUT2D eigenvalue weighted by atomic mass is 16.3. The van der Waals surface area contributed by atoms with E-state index in [-0.39, 0.29) is 6.10 Å². The summed E-state index contributed by atoms with van der Waals surface area (Å²) in [4.78, 5) is 0. The van der Waals surface area contributed by atoms with E-state index in [0.717, 1.165) is 6.42 Å². The van der Waals surface area contributed by atoms with Crippen LogP contribution in [0.4, 0.5) is 0 Å². The lowest BCUT2D eigenvalue weighted by Gasteiger charge is -2.24. The average Bonchev–Trinajstić information content (AvgIpc) is 2.05. The maximum atomic E-state index is 9.81. The largest absolute Gasteiger partial charge is 0.393 e. The van der Waals surface area contributed by atoms with E-state index in [1.165, 1.54) is 19.3 Å². The van der Waals surface area contributed by atoms with Gasteiger partial charge in [0.25, 0.3) is 0 Å². The predicted octanol–water partition coefficient (Wildman–Crippen LogP) is 3.22. The van der Waals surface area contributed by atoms with Crippen LogP contribution in [0, 0.1) is 11.8 Å². The van der Waals surface area contributed by atoms with Crippen molar-refractivity contribution in [1.29, 1.82) is 0 Å². The van der Waals surface area contributed by atoms with Crippen LogP contribution in [0.15, 0.2) is 0 Å². The highest BCUT2D eigenvalue weighted by molar-refractivity contribution is 4.70. The van der Waals surface area contributed by atoms with E-state index < -0.39 is 0 Å². The summed E-state index contributed by atoms with van der Waals surface area (Å²) in [6.45, 7) is 8.57. The molecule has 0 aliphatic carbocycles. The van der Waals surface area contributed by atoms with E-state index in [1.807, 2.05) is 0 Å². The molecule has 0 bridgehead atoms. The van der Waals surface area contributed by atoms with Crippen molar-refractivity contribution in [2.75, 3.05) is 0 Å². The summed E-state index contributed by atoms with van der Waals surface area (Å²) in [5, 5.41) is 9.81. The van der Waals surface area contributed by atoms with Crippen molar-refractivity contribution in [2.45, 2.75) is 59.5 Å². The van der Waals surface area contributed by atoms with Crippen molar-refractivity contribution in [3.8, 4) is 0 Å². The van der Waals surface area contributed by atoms with Crippen LogP contribution in [-0.2, 0) is 0 Å². The standard InChI is InChI=1S/C11H24O/c1-5-7-8-10(6-2)11(12)9(3)4/h9-12H,5-8H2,1-4H3.